The number of benzene rings is 2. The molecule has 2 aromatic rings. The maximum absolute atomic E-state index is 12.5. The number of nitrogens with one attached hydrogen (secondary N) is 2. The van der Waals surface area contributed by atoms with E-state index >= 15 is 0 Å². The van der Waals surface area contributed by atoms with Crippen molar-refractivity contribution in [3.05, 3.63) is 59.2 Å². The lowest BCUT2D eigenvalue weighted by atomic mass is 9.95. The lowest BCUT2D eigenvalue weighted by molar-refractivity contribution is -0.919. The van der Waals surface area contributed by atoms with Crippen molar-refractivity contribution in [3.63, 3.8) is 0 Å². The molecule has 5 nitrogen and oxygen atoms in total. The maximum atomic E-state index is 12.5. The third-order valence-corrected chi connectivity index (χ3v) is 5.58. The van der Waals surface area contributed by atoms with E-state index in [2.05, 4.69) is 42.6 Å². The quantitative estimate of drug-likeness (QED) is 0.770. The normalized spacial score (nSPS) is 19.1. The Bertz CT molecular complexity index is 781. The van der Waals surface area contributed by atoms with Crippen LogP contribution in [-0.4, -0.2) is 33.2 Å². The van der Waals surface area contributed by atoms with Crippen molar-refractivity contribution in [2.75, 3.05) is 27.3 Å². The topological polar surface area (TPSA) is 52.0 Å². The molecule has 1 saturated heterocycles. The van der Waals surface area contributed by atoms with Gasteiger partial charge in [0, 0.05) is 25.3 Å². The largest absolute Gasteiger partial charge is 0.493 e. The van der Waals surface area contributed by atoms with Gasteiger partial charge in [-0.3, -0.25) is 4.79 Å². The molecule has 0 aromatic heterocycles. The van der Waals surface area contributed by atoms with Gasteiger partial charge in [0.25, 0.3) is 0 Å². The Morgan fingerprint density at radius 2 is 1.79 bits per heavy atom. The van der Waals surface area contributed by atoms with Crippen LogP contribution in [0.2, 0.25) is 0 Å². The Kier molecular flexibility index (Phi) is 6.93. The summed E-state index contributed by atoms with van der Waals surface area (Å²) in [7, 11) is 3.34. The van der Waals surface area contributed by atoms with E-state index in [9.17, 15) is 4.79 Å². The molecule has 1 fully saturated rings. The maximum Gasteiger partial charge on any atom is 0.223 e. The van der Waals surface area contributed by atoms with Gasteiger partial charge in [-0.2, -0.15) is 0 Å². The van der Waals surface area contributed by atoms with Crippen LogP contribution in [-0.2, 0) is 17.9 Å². The van der Waals surface area contributed by atoms with Gasteiger partial charge >= 0.3 is 0 Å². The number of carbonyl (C=O) groups excluding carboxylic acids is 1. The van der Waals surface area contributed by atoms with Crippen LogP contribution in [0.25, 0.3) is 0 Å². The summed E-state index contributed by atoms with van der Waals surface area (Å²) >= 11 is 0. The van der Waals surface area contributed by atoms with Crippen molar-refractivity contribution >= 4 is 5.91 Å². The van der Waals surface area contributed by atoms with Gasteiger partial charge in [0.05, 0.1) is 32.9 Å². The Labute approximate surface area is 167 Å². The van der Waals surface area contributed by atoms with E-state index in [0.717, 1.165) is 55.1 Å². The molecule has 150 valence electrons. The fraction of sp³-hybridized carbons (Fsp3) is 0.435. The number of hydrogen-bond donors (Lipinski definition) is 2. The minimum absolute atomic E-state index is 0.112. The van der Waals surface area contributed by atoms with Gasteiger partial charge in [-0.05, 0) is 24.6 Å². The predicted molar refractivity (Wildman–Crippen MR) is 110 cm³/mol. The highest BCUT2D eigenvalue weighted by Crippen LogP contribution is 2.30. The Morgan fingerprint density at radius 1 is 1.07 bits per heavy atom. The van der Waals surface area contributed by atoms with E-state index in [0.29, 0.717) is 6.54 Å². The summed E-state index contributed by atoms with van der Waals surface area (Å²) in [4.78, 5) is 14.0. The number of amides is 1. The molecule has 5 heteroatoms. The zero-order valence-electron chi connectivity index (χ0n) is 17.1. The van der Waals surface area contributed by atoms with Crippen molar-refractivity contribution in [2.24, 2.45) is 5.92 Å². The second-order valence-electron chi connectivity index (χ2n) is 7.56. The standard InChI is InChI=1S/C23H30N2O3/c1-17-7-9-18(10-8-17)15-24-23(26)19-11-13-25(14-12-19)16-20-5-4-6-21(27-2)22(20)28-3/h4-10,19H,11-16H2,1-3H3,(H,24,26)/p+1. The average Bonchev–Trinajstić information content (AvgIpc) is 2.73. The number of ether oxygens (including phenoxy) is 2. The molecular formula is C23H31N2O3+. The molecule has 0 radical (unpaired) electrons. The summed E-state index contributed by atoms with van der Waals surface area (Å²) in [6, 6.07) is 14.3. The van der Waals surface area contributed by atoms with Crippen molar-refractivity contribution in [1.82, 2.24) is 5.32 Å². The molecule has 0 spiro atoms. The second kappa shape index (κ2) is 9.60. The lowest BCUT2D eigenvalue weighted by Gasteiger charge is -2.29. The van der Waals surface area contributed by atoms with Gasteiger partial charge in [-0.1, -0.05) is 35.9 Å². The summed E-state index contributed by atoms with van der Waals surface area (Å²) in [5.41, 5.74) is 3.53. The fourth-order valence-corrected chi connectivity index (χ4v) is 3.87. The third-order valence-electron chi connectivity index (χ3n) is 5.58. The molecule has 0 atom stereocenters. The monoisotopic (exact) mass is 383 g/mol. The van der Waals surface area contributed by atoms with Crippen LogP contribution in [0.15, 0.2) is 42.5 Å². The number of quaternary nitrogens is 1. The summed E-state index contributed by atoms with van der Waals surface area (Å²) in [6.45, 7) is 5.54. The number of carbonyl (C=O) groups is 1. The first kappa shape index (κ1) is 20.2. The minimum atomic E-state index is 0.112. The van der Waals surface area contributed by atoms with Gasteiger partial charge < -0.3 is 19.7 Å². The molecule has 2 aromatic carbocycles. The van der Waals surface area contributed by atoms with E-state index in [4.69, 9.17) is 9.47 Å². The summed E-state index contributed by atoms with van der Waals surface area (Å²) < 4.78 is 10.9. The molecule has 1 amide bonds. The fourth-order valence-electron chi connectivity index (χ4n) is 3.87. The zero-order valence-corrected chi connectivity index (χ0v) is 17.1. The predicted octanol–water partition coefficient (Wildman–Crippen LogP) is 2.12. The molecule has 28 heavy (non-hydrogen) atoms. The molecule has 2 N–H and O–H groups in total. The van der Waals surface area contributed by atoms with Gasteiger partial charge in [0.15, 0.2) is 11.5 Å². The van der Waals surface area contributed by atoms with Crippen LogP contribution >= 0.6 is 0 Å². The number of aryl methyl sites for hydroxylation is 1. The van der Waals surface area contributed by atoms with Gasteiger partial charge in [-0.15, -0.1) is 0 Å². The molecule has 0 bridgehead atoms. The highest BCUT2D eigenvalue weighted by molar-refractivity contribution is 5.78. The van der Waals surface area contributed by atoms with Crippen molar-refractivity contribution in [1.29, 1.82) is 0 Å². The first-order chi connectivity index (χ1) is 13.6. The number of hydrogen-bond acceptors (Lipinski definition) is 3. The van der Waals surface area contributed by atoms with Crippen LogP contribution in [0.4, 0.5) is 0 Å². The molecule has 0 aliphatic carbocycles. The van der Waals surface area contributed by atoms with E-state index in [1.165, 1.54) is 10.5 Å². The Morgan fingerprint density at radius 3 is 2.43 bits per heavy atom. The number of piperidine rings is 1. The first-order valence-corrected chi connectivity index (χ1v) is 9.97. The van der Waals surface area contributed by atoms with Crippen LogP contribution in [0.3, 0.4) is 0 Å². The molecule has 0 unspecified atom stereocenters. The third kappa shape index (κ3) is 5.04. The van der Waals surface area contributed by atoms with E-state index in [1.54, 1.807) is 14.2 Å². The smallest absolute Gasteiger partial charge is 0.223 e. The number of likely N-dealkylation sites (tertiary alicyclic amines) is 1. The molecule has 1 heterocycles. The summed E-state index contributed by atoms with van der Waals surface area (Å²) in [5, 5.41) is 3.10. The molecule has 0 saturated carbocycles. The van der Waals surface area contributed by atoms with Crippen molar-refractivity contribution in [2.45, 2.75) is 32.9 Å². The van der Waals surface area contributed by atoms with E-state index in [-0.39, 0.29) is 11.8 Å². The average molecular weight is 384 g/mol. The molecule has 1 aliphatic heterocycles. The molecule has 3 rings (SSSR count). The van der Waals surface area contributed by atoms with Gasteiger partial charge in [-0.25, -0.2) is 0 Å². The number of methoxy groups -OCH3 is 2. The summed E-state index contributed by atoms with van der Waals surface area (Å²) in [5.74, 6) is 1.88. The van der Waals surface area contributed by atoms with Gasteiger partial charge in [0.1, 0.15) is 6.54 Å². The molecular weight excluding hydrogens is 352 g/mol. The van der Waals surface area contributed by atoms with Gasteiger partial charge in [0.2, 0.25) is 5.91 Å². The van der Waals surface area contributed by atoms with Crippen LogP contribution in [0.5, 0.6) is 11.5 Å². The second-order valence-corrected chi connectivity index (χ2v) is 7.56. The van der Waals surface area contributed by atoms with Crippen LogP contribution in [0.1, 0.15) is 29.5 Å². The minimum Gasteiger partial charge on any atom is -0.493 e. The lowest BCUT2D eigenvalue weighted by Crippen LogP contribution is -3.11. The van der Waals surface area contributed by atoms with Crippen molar-refractivity contribution in [3.8, 4) is 11.5 Å². The Hall–Kier alpha value is -2.53. The van der Waals surface area contributed by atoms with Crippen molar-refractivity contribution < 1.29 is 19.2 Å². The summed E-state index contributed by atoms with van der Waals surface area (Å²) in [6.07, 6.45) is 1.84. The SMILES string of the molecule is COc1cccc(C[NH+]2CCC(C(=O)NCc3ccc(C)cc3)CC2)c1OC. The van der Waals surface area contributed by atoms with Crippen LogP contribution < -0.4 is 19.7 Å². The number of rotatable bonds is 7. The highest BCUT2D eigenvalue weighted by atomic mass is 16.5. The van der Waals surface area contributed by atoms with E-state index < -0.39 is 0 Å². The molecule has 1 aliphatic rings. The van der Waals surface area contributed by atoms with E-state index in [1.807, 2.05) is 12.1 Å². The van der Waals surface area contributed by atoms with Crippen LogP contribution in [0, 0.1) is 12.8 Å². The zero-order chi connectivity index (χ0) is 19.9. The highest BCUT2D eigenvalue weighted by Gasteiger charge is 2.28. The first-order valence-electron chi connectivity index (χ1n) is 9.97. The number of para-hydroxylation sites is 1. The Balaban J connectivity index is 1.49.